The van der Waals surface area contributed by atoms with E-state index < -0.39 is 0 Å². The zero-order valence-electron chi connectivity index (χ0n) is 13.4. The highest BCUT2D eigenvalue weighted by Gasteiger charge is 2.24. The van der Waals surface area contributed by atoms with E-state index in [1.165, 1.54) is 0 Å². The first-order valence-electron chi connectivity index (χ1n) is 8.04. The molecule has 120 valence electrons. The van der Waals surface area contributed by atoms with Gasteiger partial charge in [0.05, 0.1) is 11.6 Å². The molecule has 0 radical (unpaired) electrons. The average molecular weight is 310 g/mol. The average Bonchev–Trinajstić information content (AvgIpc) is 2.57. The van der Waals surface area contributed by atoms with Crippen molar-refractivity contribution >= 4 is 11.6 Å². The second kappa shape index (κ2) is 7.29. The van der Waals surface area contributed by atoms with Crippen LogP contribution in [0.3, 0.4) is 0 Å². The predicted molar refractivity (Wildman–Crippen MR) is 91.8 cm³/mol. The Morgan fingerprint density at radius 3 is 2.65 bits per heavy atom. The number of hydrogen-bond donors (Lipinski definition) is 1. The number of carbonyl (C=O) groups excluding carboxylic acids is 1. The molecule has 0 aliphatic carbocycles. The van der Waals surface area contributed by atoms with Crippen molar-refractivity contribution in [1.82, 2.24) is 4.90 Å². The van der Waals surface area contributed by atoms with Gasteiger partial charge in [-0.2, -0.15) is 0 Å². The summed E-state index contributed by atoms with van der Waals surface area (Å²) in [5, 5.41) is 3.03. The van der Waals surface area contributed by atoms with Crippen LogP contribution >= 0.6 is 0 Å². The van der Waals surface area contributed by atoms with Crippen LogP contribution in [0.2, 0.25) is 0 Å². The van der Waals surface area contributed by atoms with Crippen LogP contribution in [-0.4, -0.2) is 30.9 Å². The van der Waals surface area contributed by atoms with Gasteiger partial charge in [0.25, 0.3) is 0 Å². The van der Waals surface area contributed by atoms with Gasteiger partial charge in [0.15, 0.2) is 5.75 Å². The number of nitrogens with one attached hydrogen (secondary N) is 1. The van der Waals surface area contributed by atoms with E-state index in [2.05, 4.69) is 17.3 Å². The van der Waals surface area contributed by atoms with Crippen molar-refractivity contribution in [2.45, 2.75) is 12.8 Å². The number of anilines is 1. The molecule has 0 aromatic heterocycles. The van der Waals surface area contributed by atoms with Gasteiger partial charge >= 0.3 is 0 Å². The van der Waals surface area contributed by atoms with Crippen molar-refractivity contribution in [2.75, 3.05) is 25.5 Å². The van der Waals surface area contributed by atoms with Crippen molar-refractivity contribution in [3.05, 3.63) is 54.6 Å². The van der Waals surface area contributed by atoms with E-state index in [0.29, 0.717) is 5.75 Å². The summed E-state index contributed by atoms with van der Waals surface area (Å²) in [6, 6.07) is 17.1. The fourth-order valence-electron chi connectivity index (χ4n) is 2.89. The quantitative estimate of drug-likeness (QED) is 0.935. The van der Waals surface area contributed by atoms with Crippen LogP contribution in [0.4, 0.5) is 5.69 Å². The Hall–Kier alpha value is -2.33. The first-order chi connectivity index (χ1) is 11.2. The fourth-order valence-corrected chi connectivity index (χ4v) is 2.89. The number of rotatable bonds is 4. The Labute approximate surface area is 137 Å². The standard InChI is InChI=1S/C19H22N2O2/c1-21-13-7-8-15(14-21)19(22)20-17-11-5-6-12-18(17)23-16-9-3-2-4-10-16/h2-6,9-12,15H,7-8,13-14H2,1H3,(H,20,22)/t15-/m1/s1. The van der Waals surface area contributed by atoms with Crippen molar-refractivity contribution in [3.8, 4) is 11.5 Å². The molecule has 1 saturated heterocycles. The van der Waals surface area contributed by atoms with Crippen LogP contribution in [0, 0.1) is 5.92 Å². The number of likely N-dealkylation sites (tertiary alicyclic amines) is 1. The van der Waals surface area contributed by atoms with E-state index >= 15 is 0 Å². The van der Waals surface area contributed by atoms with Gasteiger partial charge in [-0.1, -0.05) is 30.3 Å². The highest BCUT2D eigenvalue weighted by molar-refractivity contribution is 5.94. The van der Waals surface area contributed by atoms with E-state index in [0.717, 1.165) is 37.4 Å². The minimum atomic E-state index is 0.0403. The third-order valence-electron chi connectivity index (χ3n) is 4.11. The number of benzene rings is 2. The Morgan fingerprint density at radius 1 is 1.13 bits per heavy atom. The summed E-state index contributed by atoms with van der Waals surface area (Å²) in [5.74, 6) is 1.53. The molecule has 23 heavy (non-hydrogen) atoms. The molecule has 1 fully saturated rings. The van der Waals surface area contributed by atoms with Gasteiger partial charge in [-0.05, 0) is 50.7 Å². The number of piperidine rings is 1. The summed E-state index contributed by atoms with van der Waals surface area (Å²) in [6.45, 7) is 1.88. The van der Waals surface area contributed by atoms with Gasteiger partial charge in [0.2, 0.25) is 5.91 Å². The number of nitrogens with zero attached hydrogens (tertiary/aromatic N) is 1. The number of para-hydroxylation sites is 3. The maximum absolute atomic E-state index is 12.5. The van der Waals surface area contributed by atoms with Crippen LogP contribution in [-0.2, 0) is 4.79 Å². The van der Waals surface area contributed by atoms with Crippen molar-refractivity contribution < 1.29 is 9.53 Å². The van der Waals surface area contributed by atoms with Crippen LogP contribution in [0.15, 0.2) is 54.6 Å². The molecule has 4 heteroatoms. The van der Waals surface area contributed by atoms with Gasteiger partial charge < -0.3 is 15.0 Å². The van der Waals surface area contributed by atoms with E-state index in [9.17, 15) is 4.79 Å². The summed E-state index contributed by atoms with van der Waals surface area (Å²) in [5.41, 5.74) is 0.717. The largest absolute Gasteiger partial charge is 0.455 e. The number of hydrogen-bond acceptors (Lipinski definition) is 3. The summed E-state index contributed by atoms with van der Waals surface area (Å²) in [7, 11) is 2.06. The van der Waals surface area contributed by atoms with Gasteiger partial charge in [-0.25, -0.2) is 0 Å². The number of ether oxygens (including phenoxy) is 1. The molecule has 2 aromatic rings. The molecule has 1 aliphatic rings. The molecule has 1 aliphatic heterocycles. The smallest absolute Gasteiger partial charge is 0.228 e. The van der Waals surface area contributed by atoms with Crippen LogP contribution in [0.1, 0.15) is 12.8 Å². The lowest BCUT2D eigenvalue weighted by Crippen LogP contribution is -2.38. The van der Waals surface area contributed by atoms with Crippen molar-refractivity contribution in [3.63, 3.8) is 0 Å². The predicted octanol–water partition coefficient (Wildman–Crippen LogP) is 3.76. The lowest BCUT2D eigenvalue weighted by atomic mass is 9.97. The molecule has 1 atom stereocenters. The SMILES string of the molecule is CN1CCC[C@@H](C(=O)Nc2ccccc2Oc2ccccc2)C1. The topological polar surface area (TPSA) is 41.6 Å². The van der Waals surface area contributed by atoms with Crippen molar-refractivity contribution in [1.29, 1.82) is 0 Å². The summed E-state index contributed by atoms with van der Waals surface area (Å²) in [6.07, 6.45) is 2.01. The van der Waals surface area contributed by atoms with E-state index in [-0.39, 0.29) is 11.8 Å². The number of carbonyl (C=O) groups is 1. The Bertz CT molecular complexity index is 657. The summed E-state index contributed by atoms with van der Waals surface area (Å²) < 4.78 is 5.89. The molecule has 1 heterocycles. The second-order valence-electron chi connectivity index (χ2n) is 6.00. The highest BCUT2D eigenvalue weighted by atomic mass is 16.5. The third kappa shape index (κ3) is 4.11. The molecule has 0 saturated carbocycles. The maximum Gasteiger partial charge on any atom is 0.228 e. The van der Waals surface area contributed by atoms with Gasteiger partial charge in [-0.15, -0.1) is 0 Å². The lowest BCUT2D eigenvalue weighted by molar-refractivity contribution is -0.121. The van der Waals surface area contributed by atoms with Crippen LogP contribution < -0.4 is 10.1 Å². The molecule has 4 nitrogen and oxygen atoms in total. The summed E-state index contributed by atoms with van der Waals surface area (Å²) in [4.78, 5) is 14.7. The van der Waals surface area contributed by atoms with E-state index in [4.69, 9.17) is 4.74 Å². The normalized spacial score (nSPS) is 18.4. The van der Waals surface area contributed by atoms with Crippen LogP contribution in [0.5, 0.6) is 11.5 Å². The fraction of sp³-hybridized carbons (Fsp3) is 0.316. The van der Waals surface area contributed by atoms with Gasteiger partial charge in [0, 0.05) is 6.54 Å². The van der Waals surface area contributed by atoms with E-state index in [1.54, 1.807) is 0 Å². The minimum Gasteiger partial charge on any atom is -0.455 e. The molecule has 0 bridgehead atoms. The first kappa shape index (κ1) is 15.6. The first-order valence-corrected chi connectivity index (χ1v) is 8.04. The highest BCUT2D eigenvalue weighted by Crippen LogP contribution is 2.30. The molecular formula is C19H22N2O2. The molecule has 2 aromatic carbocycles. The molecule has 0 unspecified atom stereocenters. The number of amides is 1. The summed E-state index contributed by atoms with van der Waals surface area (Å²) >= 11 is 0. The Balaban J connectivity index is 1.71. The van der Waals surface area contributed by atoms with Gasteiger partial charge in [-0.3, -0.25) is 4.79 Å². The lowest BCUT2D eigenvalue weighted by Gasteiger charge is -2.28. The van der Waals surface area contributed by atoms with E-state index in [1.807, 2.05) is 54.6 Å². The molecule has 1 N–H and O–H groups in total. The Kier molecular flexibility index (Phi) is 4.93. The molecule has 0 spiro atoms. The van der Waals surface area contributed by atoms with Crippen molar-refractivity contribution in [2.24, 2.45) is 5.92 Å². The molecule has 1 amide bonds. The minimum absolute atomic E-state index is 0.0403. The molecular weight excluding hydrogens is 288 g/mol. The zero-order chi connectivity index (χ0) is 16.1. The zero-order valence-corrected chi connectivity index (χ0v) is 13.4. The van der Waals surface area contributed by atoms with Crippen LogP contribution in [0.25, 0.3) is 0 Å². The molecule has 3 rings (SSSR count). The second-order valence-corrected chi connectivity index (χ2v) is 6.00. The monoisotopic (exact) mass is 310 g/mol. The Morgan fingerprint density at radius 2 is 1.87 bits per heavy atom. The van der Waals surface area contributed by atoms with Gasteiger partial charge in [0.1, 0.15) is 5.75 Å². The maximum atomic E-state index is 12.5. The third-order valence-corrected chi connectivity index (χ3v) is 4.11.